The number of hydrogen-bond donors (Lipinski definition) is 4. The molecule has 0 spiro atoms. The first-order chi connectivity index (χ1) is 18.7. The number of ether oxygens (including phenoxy) is 1. The fourth-order valence-electron chi connectivity index (χ4n) is 4.08. The van der Waals surface area contributed by atoms with Crippen LogP contribution in [-0.4, -0.2) is 93.6 Å². The van der Waals surface area contributed by atoms with Crippen LogP contribution < -0.4 is 15.5 Å². The van der Waals surface area contributed by atoms with Crippen molar-refractivity contribution in [2.75, 3.05) is 47.4 Å². The van der Waals surface area contributed by atoms with Crippen molar-refractivity contribution in [3.05, 3.63) is 35.5 Å². The van der Waals surface area contributed by atoms with Crippen LogP contribution in [0.15, 0.2) is 35.5 Å². The number of alkyl halides is 2. The molecular formula is C24H28Cl2N4O8S. The molecule has 39 heavy (non-hydrogen) atoms. The first-order valence-corrected chi connectivity index (χ1v) is 14.1. The maximum atomic E-state index is 12.7. The molecule has 1 aromatic carbocycles. The Hall–Kier alpha value is -3.16. The Morgan fingerprint density at radius 2 is 1.74 bits per heavy atom. The van der Waals surface area contributed by atoms with Crippen molar-refractivity contribution in [2.24, 2.45) is 0 Å². The van der Waals surface area contributed by atoms with E-state index in [-0.39, 0.29) is 42.9 Å². The summed E-state index contributed by atoms with van der Waals surface area (Å²) in [5.74, 6) is -2.43. The van der Waals surface area contributed by atoms with E-state index >= 15 is 0 Å². The van der Waals surface area contributed by atoms with Crippen LogP contribution in [0.2, 0.25) is 0 Å². The molecule has 15 heteroatoms. The maximum absolute atomic E-state index is 12.7. The Balaban J connectivity index is 1.56. The third-order valence-corrected chi connectivity index (χ3v) is 7.60. The van der Waals surface area contributed by atoms with Gasteiger partial charge in [-0.25, -0.2) is 9.59 Å². The number of aliphatic carboxylic acids is 2. The molecule has 12 nitrogen and oxygen atoms in total. The molecule has 3 amide bonds. The number of rotatable bonds is 14. The number of anilines is 2. The third-order valence-electron chi connectivity index (χ3n) is 5.93. The zero-order valence-corrected chi connectivity index (χ0v) is 23.1. The lowest BCUT2D eigenvalue weighted by Crippen LogP contribution is -2.70. The maximum Gasteiger partial charge on any atom is 0.411 e. The van der Waals surface area contributed by atoms with Crippen molar-refractivity contribution in [2.45, 2.75) is 30.7 Å². The summed E-state index contributed by atoms with van der Waals surface area (Å²) in [5.41, 5.74) is 1.31. The number of carboxylic acid groups (broad SMARTS) is 2. The van der Waals surface area contributed by atoms with Gasteiger partial charge in [-0.1, -0.05) is 0 Å². The Kier molecular flexibility index (Phi) is 11.1. The fourth-order valence-corrected chi connectivity index (χ4v) is 5.81. The van der Waals surface area contributed by atoms with Crippen LogP contribution in [0, 0.1) is 0 Å². The molecule has 2 atom stereocenters. The number of carbonyl (C=O) groups is 5. The Bertz CT molecular complexity index is 1130. The summed E-state index contributed by atoms with van der Waals surface area (Å²) in [5, 5.41) is 22.9. The van der Waals surface area contributed by atoms with Gasteiger partial charge in [0.05, 0.1) is 0 Å². The Morgan fingerprint density at radius 3 is 2.33 bits per heavy atom. The highest BCUT2D eigenvalue weighted by Crippen LogP contribution is 2.40. The predicted octanol–water partition coefficient (Wildman–Crippen LogP) is 2.51. The first-order valence-electron chi connectivity index (χ1n) is 12.0. The molecule has 0 unspecified atom stereocenters. The number of carboxylic acids is 2. The topological polar surface area (TPSA) is 166 Å². The van der Waals surface area contributed by atoms with Crippen LogP contribution in [0.1, 0.15) is 19.3 Å². The summed E-state index contributed by atoms with van der Waals surface area (Å²) in [7, 11) is 0. The molecule has 212 valence electrons. The zero-order valence-electron chi connectivity index (χ0n) is 20.7. The summed E-state index contributed by atoms with van der Waals surface area (Å²) >= 11 is 12.9. The SMILES string of the molecule is O=C(O)CCCC(=O)N[C@@H]1C(=O)N2C(C(=O)O)=C(COC(=O)Nc3ccc(N(CCCl)CCCl)cc3)CS[C@H]12. The molecule has 0 aliphatic carbocycles. The van der Waals surface area contributed by atoms with E-state index in [2.05, 4.69) is 10.6 Å². The van der Waals surface area contributed by atoms with Crippen molar-refractivity contribution in [1.29, 1.82) is 0 Å². The molecular weight excluding hydrogens is 575 g/mol. The van der Waals surface area contributed by atoms with Crippen LogP contribution >= 0.6 is 35.0 Å². The van der Waals surface area contributed by atoms with Gasteiger partial charge in [-0.15, -0.1) is 35.0 Å². The summed E-state index contributed by atoms with van der Waals surface area (Å²) in [4.78, 5) is 62.8. The summed E-state index contributed by atoms with van der Waals surface area (Å²) in [6.07, 6.45) is -0.915. The number of halogens is 2. The van der Waals surface area contributed by atoms with E-state index in [1.54, 1.807) is 24.3 Å². The zero-order chi connectivity index (χ0) is 28.5. The lowest BCUT2D eigenvalue weighted by molar-refractivity contribution is -0.150. The lowest BCUT2D eigenvalue weighted by Gasteiger charge is -2.49. The molecule has 4 N–H and O–H groups in total. The normalized spacial score (nSPS) is 18.1. The van der Waals surface area contributed by atoms with Crippen molar-refractivity contribution in [1.82, 2.24) is 10.2 Å². The van der Waals surface area contributed by atoms with E-state index in [4.69, 9.17) is 33.0 Å². The first kappa shape index (κ1) is 30.4. The van der Waals surface area contributed by atoms with Gasteiger partial charge in [0, 0.05) is 60.4 Å². The molecule has 0 aromatic heterocycles. The number of amides is 3. The highest BCUT2D eigenvalue weighted by atomic mass is 35.5. The Morgan fingerprint density at radius 1 is 1.08 bits per heavy atom. The quantitative estimate of drug-likeness (QED) is 0.183. The lowest BCUT2D eigenvalue weighted by atomic mass is 10.0. The molecule has 2 aliphatic heterocycles. The van der Waals surface area contributed by atoms with Gasteiger partial charge in [-0.2, -0.15) is 0 Å². The summed E-state index contributed by atoms with van der Waals surface area (Å²) in [6.45, 7) is 0.880. The van der Waals surface area contributed by atoms with Gasteiger partial charge in [0.25, 0.3) is 5.91 Å². The van der Waals surface area contributed by atoms with E-state index in [0.29, 0.717) is 30.5 Å². The van der Waals surface area contributed by atoms with Crippen LogP contribution in [0.25, 0.3) is 0 Å². The highest BCUT2D eigenvalue weighted by molar-refractivity contribution is 8.00. The number of thioether (sulfide) groups is 1. The van der Waals surface area contributed by atoms with E-state index in [1.807, 2.05) is 4.90 Å². The van der Waals surface area contributed by atoms with E-state index in [9.17, 15) is 29.1 Å². The minimum absolute atomic E-state index is 0.0644. The molecule has 0 saturated carbocycles. The molecule has 2 heterocycles. The van der Waals surface area contributed by atoms with Crippen molar-refractivity contribution in [3.8, 4) is 0 Å². The monoisotopic (exact) mass is 602 g/mol. The number of hydrogen-bond acceptors (Lipinski definition) is 8. The van der Waals surface area contributed by atoms with Crippen molar-refractivity contribution < 1.29 is 38.9 Å². The molecule has 0 bridgehead atoms. The molecule has 3 rings (SSSR count). The van der Waals surface area contributed by atoms with Gasteiger partial charge in [-0.3, -0.25) is 24.6 Å². The van der Waals surface area contributed by atoms with Gasteiger partial charge >= 0.3 is 18.0 Å². The summed E-state index contributed by atoms with van der Waals surface area (Å²) in [6, 6.07) is 6.05. The summed E-state index contributed by atoms with van der Waals surface area (Å²) < 4.78 is 5.23. The highest BCUT2D eigenvalue weighted by Gasteiger charge is 2.54. The number of benzene rings is 1. The number of nitrogens with zero attached hydrogens (tertiary/aromatic N) is 2. The van der Waals surface area contributed by atoms with Gasteiger partial charge in [-0.05, 0) is 30.7 Å². The largest absolute Gasteiger partial charge is 0.481 e. The standard InChI is InChI=1S/C24H28Cl2N4O8S/c25-8-10-29(11-9-26)16-6-4-15(5-7-16)27-24(37)38-12-14-13-39-22-19(21(34)30(22)20(14)23(35)36)28-17(31)2-1-3-18(32)33/h4-7,19,22H,1-3,8-13H2,(H,27,37)(H,28,31)(H,32,33)(H,35,36)/t19-,22-/m1/s1. The second-order valence-electron chi connectivity index (χ2n) is 8.57. The Labute approximate surface area is 238 Å². The number of β-lactam (4-membered cyclic amide) rings is 1. The van der Waals surface area contributed by atoms with Crippen LogP contribution in [-0.2, 0) is 23.9 Å². The molecule has 2 aliphatic rings. The second-order valence-corrected chi connectivity index (χ2v) is 10.4. The van der Waals surface area contributed by atoms with Gasteiger partial charge in [0.1, 0.15) is 23.7 Å². The van der Waals surface area contributed by atoms with Crippen molar-refractivity contribution >= 4 is 76.2 Å². The van der Waals surface area contributed by atoms with Crippen LogP contribution in [0.5, 0.6) is 0 Å². The van der Waals surface area contributed by atoms with Crippen molar-refractivity contribution in [3.63, 3.8) is 0 Å². The van der Waals surface area contributed by atoms with Crippen LogP contribution in [0.4, 0.5) is 16.2 Å². The minimum atomic E-state index is -1.35. The van der Waals surface area contributed by atoms with Gasteiger partial charge < -0.3 is 25.2 Å². The molecule has 1 aromatic rings. The van der Waals surface area contributed by atoms with Crippen LogP contribution in [0.3, 0.4) is 0 Å². The fraction of sp³-hybridized carbons (Fsp3) is 0.458. The number of fused-ring (bicyclic) bond motifs is 1. The number of carbonyl (C=O) groups excluding carboxylic acids is 3. The predicted molar refractivity (Wildman–Crippen MR) is 146 cm³/mol. The average molecular weight is 603 g/mol. The van der Waals surface area contributed by atoms with E-state index in [0.717, 1.165) is 10.6 Å². The third kappa shape index (κ3) is 7.93. The number of nitrogens with one attached hydrogen (secondary N) is 2. The van der Waals surface area contributed by atoms with E-state index < -0.39 is 41.3 Å². The molecule has 0 radical (unpaired) electrons. The van der Waals surface area contributed by atoms with Gasteiger partial charge in [0.2, 0.25) is 5.91 Å². The second kappa shape index (κ2) is 14.3. The smallest absolute Gasteiger partial charge is 0.411 e. The minimum Gasteiger partial charge on any atom is -0.481 e. The molecule has 1 saturated heterocycles. The molecule has 1 fully saturated rings. The average Bonchev–Trinajstić information content (AvgIpc) is 2.90. The van der Waals surface area contributed by atoms with E-state index in [1.165, 1.54) is 11.8 Å². The van der Waals surface area contributed by atoms with Gasteiger partial charge in [0.15, 0.2) is 0 Å².